The van der Waals surface area contributed by atoms with Gasteiger partial charge >= 0.3 is 0 Å². The van der Waals surface area contributed by atoms with E-state index in [0.29, 0.717) is 0 Å². The molecular formula is C23H26ClN2O4S+. The van der Waals surface area contributed by atoms with Crippen molar-refractivity contribution >= 4 is 33.3 Å². The molecule has 0 radical (unpaired) electrons. The van der Waals surface area contributed by atoms with Crippen LogP contribution in [0.25, 0.3) is 16.3 Å². The highest BCUT2D eigenvalue weighted by Crippen LogP contribution is 2.46. The van der Waals surface area contributed by atoms with E-state index in [0.717, 1.165) is 6.54 Å². The van der Waals surface area contributed by atoms with Crippen molar-refractivity contribution in [2.45, 2.75) is 32.7 Å². The summed E-state index contributed by atoms with van der Waals surface area (Å²) in [5, 5.41) is 1.29. The zero-order valence-electron chi connectivity index (χ0n) is 17.9. The number of likely N-dealkylation sites (N-methyl/N-ethyl adjacent to an activating group) is 1. The van der Waals surface area contributed by atoms with Crippen molar-refractivity contribution in [2.75, 3.05) is 11.9 Å². The summed E-state index contributed by atoms with van der Waals surface area (Å²) >= 11 is 1.85. The van der Waals surface area contributed by atoms with Crippen molar-refractivity contribution in [1.29, 1.82) is 0 Å². The minimum absolute atomic E-state index is 0.0244. The molecule has 2 aromatic carbocycles. The number of hydrogen-bond acceptors (Lipinski definition) is 6. The van der Waals surface area contributed by atoms with Crippen molar-refractivity contribution in [3.05, 3.63) is 77.0 Å². The van der Waals surface area contributed by atoms with Crippen molar-refractivity contribution < 1.29 is 33.4 Å². The summed E-state index contributed by atoms with van der Waals surface area (Å²) in [7, 11) is -2.53. The van der Waals surface area contributed by atoms with Crippen molar-refractivity contribution in [3.63, 3.8) is 0 Å². The number of aromatic nitrogens is 1. The molecule has 0 bridgehead atoms. The lowest BCUT2D eigenvalue weighted by Crippen LogP contribution is -2.58. The maximum Gasteiger partial charge on any atom is 0.262 e. The lowest BCUT2D eigenvalue weighted by molar-refractivity contribution is -1.92. The van der Waals surface area contributed by atoms with Gasteiger partial charge in [0.1, 0.15) is 11.2 Å². The predicted octanol–water partition coefficient (Wildman–Crippen LogP) is 1.41. The number of hydrogen-bond donors (Lipinski definition) is 1. The Bertz CT molecular complexity index is 1130. The monoisotopic (exact) mass is 461 g/mol. The molecule has 1 aliphatic rings. The van der Waals surface area contributed by atoms with E-state index in [4.69, 9.17) is 18.6 Å². The molecule has 2 heterocycles. The second-order valence-corrected chi connectivity index (χ2v) is 9.51. The molecule has 1 aliphatic heterocycles. The van der Waals surface area contributed by atoms with Crippen LogP contribution in [0.15, 0.2) is 66.4 Å². The lowest BCUT2D eigenvalue weighted by Gasteiger charge is -2.23. The van der Waals surface area contributed by atoms with Gasteiger partial charge in [0.15, 0.2) is 0 Å². The third-order valence-corrected chi connectivity index (χ3v) is 6.52. The SMILES string of the molecule is CC[n+]1c(/C=C\C=C2\N(C)c3ccccc3C2(C)C)sc2ccccc21.[O-][Cl+3]([O-])([O-])O. The van der Waals surface area contributed by atoms with Gasteiger partial charge in [-0.2, -0.15) is 18.5 Å². The fraction of sp³-hybridized carbons (Fsp3) is 0.261. The average Bonchev–Trinajstić information content (AvgIpc) is 3.15. The van der Waals surface area contributed by atoms with Crippen molar-refractivity contribution in [2.24, 2.45) is 0 Å². The number of fused-ring (bicyclic) bond motifs is 2. The molecule has 0 unspecified atom stereocenters. The molecule has 4 rings (SSSR count). The Kier molecular flexibility index (Phi) is 6.85. The molecule has 3 aromatic rings. The smallest absolute Gasteiger partial charge is 0.262 e. The Labute approximate surface area is 188 Å². The van der Waals surface area contributed by atoms with Crippen LogP contribution in [0.4, 0.5) is 5.69 Å². The summed E-state index contributed by atoms with van der Waals surface area (Å²) in [5.41, 5.74) is 5.38. The maximum absolute atomic E-state index is 8.60. The Hall–Kier alpha value is -2.26. The highest BCUT2D eigenvalue weighted by atomic mass is 35.7. The maximum atomic E-state index is 8.60. The second kappa shape index (κ2) is 9.08. The molecule has 0 amide bonds. The van der Waals surface area contributed by atoms with Gasteiger partial charge in [-0.25, -0.2) is 0 Å². The first kappa shape index (κ1) is 23.4. The van der Waals surface area contributed by atoms with Gasteiger partial charge in [0.05, 0.1) is 14.9 Å². The Balaban J connectivity index is 0.000000491. The lowest BCUT2D eigenvalue weighted by atomic mass is 9.84. The number of thiazole rings is 1. The van der Waals surface area contributed by atoms with Gasteiger partial charge in [0, 0.05) is 36.0 Å². The van der Waals surface area contributed by atoms with E-state index in [1.165, 1.54) is 32.2 Å². The van der Waals surface area contributed by atoms with E-state index < -0.39 is 10.2 Å². The van der Waals surface area contributed by atoms with Gasteiger partial charge < -0.3 is 4.90 Å². The van der Waals surface area contributed by atoms with Gasteiger partial charge in [-0.15, -0.1) is 0 Å². The molecule has 1 aromatic heterocycles. The highest BCUT2D eigenvalue weighted by Gasteiger charge is 2.37. The third-order valence-electron chi connectivity index (χ3n) is 5.39. The quantitative estimate of drug-likeness (QED) is 0.595. The minimum atomic E-state index is -4.69. The average molecular weight is 462 g/mol. The molecule has 0 saturated carbocycles. The zero-order chi connectivity index (χ0) is 22.8. The second-order valence-electron chi connectivity index (χ2n) is 7.66. The van der Waals surface area contributed by atoms with E-state index in [9.17, 15) is 0 Å². The van der Waals surface area contributed by atoms with Crippen LogP contribution >= 0.6 is 11.3 Å². The molecule has 6 nitrogen and oxygen atoms in total. The first-order chi connectivity index (χ1) is 14.5. The molecule has 0 spiro atoms. The van der Waals surface area contributed by atoms with Crippen LogP contribution in [0.1, 0.15) is 31.3 Å². The minimum Gasteiger partial charge on any atom is -0.347 e. The number of anilines is 1. The van der Waals surface area contributed by atoms with E-state index in [2.05, 4.69) is 104 Å². The van der Waals surface area contributed by atoms with Gasteiger partial charge in [-0.1, -0.05) is 61.6 Å². The summed E-state index contributed by atoms with van der Waals surface area (Å²) in [6, 6.07) is 17.3. The number of aryl methyl sites for hydroxylation is 1. The number of allylic oxidation sites excluding steroid dienone is 3. The first-order valence-corrected chi connectivity index (χ1v) is 11.9. The largest absolute Gasteiger partial charge is 0.347 e. The van der Waals surface area contributed by atoms with E-state index in [1.807, 2.05) is 11.3 Å². The Morgan fingerprint density at radius 3 is 2.35 bits per heavy atom. The predicted molar refractivity (Wildman–Crippen MR) is 115 cm³/mol. The van der Waals surface area contributed by atoms with Gasteiger partial charge in [0.2, 0.25) is 5.52 Å². The number of para-hydroxylation sites is 2. The van der Waals surface area contributed by atoms with Crippen LogP contribution < -0.4 is 23.4 Å². The van der Waals surface area contributed by atoms with Gasteiger partial charge in [0.25, 0.3) is 5.01 Å². The topological polar surface area (TPSA) is 96.5 Å². The van der Waals surface area contributed by atoms with Crippen molar-refractivity contribution in [3.8, 4) is 0 Å². The molecule has 0 aliphatic carbocycles. The van der Waals surface area contributed by atoms with Crippen LogP contribution in [-0.4, -0.2) is 11.7 Å². The van der Waals surface area contributed by atoms with Crippen LogP contribution in [0.2, 0.25) is 0 Å². The van der Waals surface area contributed by atoms with E-state index >= 15 is 0 Å². The molecule has 164 valence electrons. The molecule has 0 atom stereocenters. The zero-order valence-corrected chi connectivity index (χ0v) is 19.5. The standard InChI is InChI=1S/C23H25N2S.ClHO4/c1-5-25-19-13-8-9-14-20(19)26-22(25)16-10-15-21-23(2,3)17-11-6-7-12-18(17)24(21)4;2-1(3,4)5/h6-16H,5H2,1-4H3;(H,2,3,4,5)/q+1;. The number of benzene rings is 2. The molecule has 0 fully saturated rings. The summed E-state index contributed by atoms with van der Waals surface area (Å²) in [6.45, 7) is 7.80. The highest BCUT2D eigenvalue weighted by molar-refractivity contribution is 7.18. The summed E-state index contributed by atoms with van der Waals surface area (Å²) in [5.74, 6) is 0. The number of halogens is 1. The van der Waals surface area contributed by atoms with Crippen molar-refractivity contribution in [1.82, 2.24) is 0 Å². The van der Waals surface area contributed by atoms with Crippen LogP contribution in [0.5, 0.6) is 0 Å². The van der Waals surface area contributed by atoms with E-state index in [1.54, 1.807) is 0 Å². The molecule has 1 N–H and O–H groups in total. The normalized spacial score (nSPS) is 16.6. The van der Waals surface area contributed by atoms with E-state index in [-0.39, 0.29) is 5.41 Å². The van der Waals surface area contributed by atoms with Crippen LogP contribution in [0, 0.1) is 10.2 Å². The fourth-order valence-electron chi connectivity index (χ4n) is 4.03. The Morgan fingerprint density at radius 1 is 1.10 bits per heavy atom. The third kappa shape index (κ3) is 5.15. The molecular weight excluding hydrogens is 436 g/mol. The Morgan fingerprint density at radius 2 is 1.71 bits per heavy atom. The summed E-state index contributed by atoms with van der Waals surface area (Å²) in [4.78, 5) is 2.32. The van der Waals surface area contributed by atoms with Gasteiger partial charge in [-0.3, -0.25) is 0 Å². The number of nitrogens with zero attached hydrogens (tertiary/aromatic N) is 2. The molecule has 8 heteroatoms. The summed E-state index contributed by atoms with van der Waals surface area (Å²) in [6.07, 6.45) is 6.72. The van der Waals surface area contributed by atoms with Crippen LogP contribution in [-0.2, 0) is 12.0 Å². The number of rotatable bonds is 3. The fourth-order valence-corrected chi connectivity index (χ4v) is 5.17. The molecule has 0 saturated heterocycles. The molecule has 31 heavy (non-hydrogen) atoms. The first-order valence-electron chi connectivity index (χ1n) is 9.80. The summed E-state index contributed by atoms with van der Waals surface area (Å²) < 4.78 is 36.4. The van der Waals surface area contributed by atoms with Crippen LogP contribution in [0.3, 0.4) is 0 Å². The van der Waals surface area contributed by atoms with Gasteiger partial charge in [-0.05, 0) is 30.7 Å².